The van der Waals surface area contributed by atoms with Crippen LogP contribution >= 0.6 is 0 Å². The number of alkyl halides is 3. The Bertz CT molecular complexity index is 728. The number of hydrogen-bond acceptors (Lipinski definition) is 2. The van der Waals surface area contributed by atoms with Gasteiger partial charge in [0.15, 0.2) is 5.76 Å². The Morgan fingerprint density at radius 1 is 0.952 bits per heavy atom. The molecule has 0 saturated heterocycles. The average molecular weight is 290 g/mol. The molecule has 0 radical (unpaired) electrons. The summed E-state index contributed by atoms with van der Waals surface area (Å²) in [5, 5.41) is 0. The van der Waals surface area contributed by atoms with Gasteiger partial charge in [0.1, 0.15) is 5.75 Å². The fourth-order valence-corrected chi connectivity index (χ4v) is 2.06. The van der Waals surface area contributed by atoms with E-state index in [0.29, 0.717) is 16.9 Å². The first kappa shape index (κ1) is 13.4. The molecular weight excluding hydrogens is 281 g/mol. The van der Waals surface area contributed by atoms with Crippen LogP contribution < -0.4 is 4.74 Å². The minimum absolute atomic E-state index is 0.107. The van der Waals surface area contributed by atoms with Crippen LogP contribution in [0, 0.1) is 0 Å². The molecular formula is C16H9F3O2. The van der Waals surface area contributed by atoms with Gasteiger partial charge in [0.2, 0.25) is 5.78 Å². The van der Waals surface area contributed by atoms with Crippen LogP contribution in [-0.2, 0) is 6.18 Å². The molecule has 0 fully saturated rings. The molecule has 2 aromatic carbocycles. The fourth-order valence-electron chi connectivity index (χ4n) is 2.06. The Balaban J connectivity index is 1.89. The summed E-state index contributed by atoms with van der Waals surface area (Å²) in [6.45, 7) is 0. The first-order valence-electron chi connectivity index (χ1n) is 6.16. The first-order valence-corrected chi connectivity index (χ1v) is 6.16. The number of rotatable bonds is 1. The lowest BCUT2D eigenvalue weighted by atomic mass is 10.1. The molecule has 1 heterocycles. The second kappa shape index (κ2) is 4.77. The molecule has 0 amide bonds. The number of hydrogen-bond donors (Lipinski definition) is 0. The number of benzene rings is 2. The third kappa shape index (κ3) is 2.54. The largest absolute Gasteiger partial charge is 0.452 e. The van der Waals surface area contributed by atoms with Crippen LogP contribution in [0.1, 0.15) is 21.5 Å². The number of fused-ring (bicyclic) bond motifs is 1. The summed E-state index contributed by atoms with van der Waals surface area (Å²) < 4.78 is 42.8. The number of allylic oxidation sites excluding steroid dienone is 1. The van der Waals surface area contributed by atoms with E-state index < -0.39 is 11.7 Å². The Morgan fingerprint density at radius 2 is 1.62 bits per heavy atom. The molecule has 0 aliphatic carbocycles. The van der Waals surface area contributed by atoms with Gasteiger partial charge in [-0.25, -0.2) is 0 Å². The molecule has 0 saturated carbocycles. The maximum atomic E-state index is 12.5. The smallest absolute Gasteiger partial charge is 0.416 e. The summed E-state index contributed by atoms with van der Waals surface area (Å²) in [4.78, 5) is 12.1. The van der Waals surface area contributed by atoms with Crippen molar-refractivity contribution in [2.45, 2.75) is 6.18 Å². The summed E-state index contributed by atoms with van der Waals surface area (Å²) in [6, 6.07) is 11.3. The van der Waals surface area contributed by atoms with E-state index in [0.717, 1.165) is 12.1 Å². The Kier molecular flexibility index (Phi) is 3.05. The van der Waals surface area contributed by atoms with Crippen LogP contribution in [0.2, 0.25) is 0 Å². The Morgan fingerprint density at radius 3 is 2.24 bits per heavy atom. The predicted molar refractivity (Wildman–Crippen MR) is 70.8 cm³/mol. The van der Waals surface area contributed by atoms with Crippen molar-refractivity contribution in [3.8, 4) is 5.75 Å². The number of halogens is 3. The third-order valence-electron chi connectivity index (χ3n) is 3.11. The summed E-state index contributed by atoms with van der Waals surface area (Å²) >= 11 is 0. The van der Waals surface area contributed by atoms with Crippen molar-refractivity contribution in [3.05, 3.63) is 71.0 Å². The van der Waals surface area contributed by atoms with Crippen LogP contribution in [0.3, 0.4) is 0 Å². The topological polar surface area (TPSA) is 26.3 Å². The normalized spacial score (nSPS) is 16.0. The van der Waals surface area contributed by atoms with Crippen LogP contribution in [0.5, 0.6) is 5.75 Å². The van der Waals surface area contributed by atoms with Crippen molar-refractivity contribution in [1.82, 2.24) is 0 Å². The van der Waals surface area contributed by atoms with Crippen LogP contribution in [0.4, 0.5) is 13.2 Å². The zero-order chi connectivity index (χ0) is 15.0. The van der Waals surface area contributed by atoms with E-state index >= 15 is 0 Å². The van der Waals surface area contributed by atoms with E-state index in [1.165, 1.54) is 18.2 Å². The number of carbonyl (C=O) groups is 1. The molecule has 0 N–H and O–H groups in total. The molecule has 0 unspecified atom stereocenters. The Labute approximate surface area is 118 Å². The minimum atomic E-state index is -4.37. The van der Waals surface area contributed by atoms with Gasteiger partial charge in [-0.05, 0) is 35.9 Å². The SMILES string of the molecule is O=C1C(=Cc2ccc(C(F)(F)F)cc2)Oc2ccccc21. The van der Waals surface area contributed by atoms with Gasteiger partial charge >= 0.3 is 6.18 Å². The lowest BCUT2D eigenvalue weighted by Crippen LogP contribution is -2.04. The molecule has 106 valence electrons. The number of carbonyl (C=O) groups excluding carboxylic acids is 1. The lowest BCUT2D eigenvalue weighted by Gasteiger charge is -2.06. The number of para-hydroxylation sites is 1. The standard InChI is InChI=1S/C16H9F3O2/c17-16(18,19)11-7-5-10(6-8-11)9-14-15(20)12-3-1-2-4-13(12)21-14/h1-9H. The van der Waals surface area contributed by atoms with Gasteiger partial charge in [-0.15, -0.1) is 0 Å². The van der Waals surface area contributed by atoms with Gasteiger partial charge in [-0.1, -0.05) is 24.3 Å². The van der Waals surface area contributed by atoms with E-state index in [4.69, 9.17) is 4.74 Å². The van der Waals surface area contributed by atoms with Crippen LogP contribution in [-0.4, -0.2) is 5.78 Å². The first-order chi connectivity index (χ1) is 9.95. The highest BCUT2D eigenvalue weighted by Gasteiger charge is 2.30. The molecule has 0 aromatic heterocycles. The molecule has 2 nitrogen and oxygen atoms in total. The predicted octanol–water partition coefficient (Wildman–Crippen LogP) is 4.32. The lowest BCUT2D eigenvalue weighted by molar-refractivity contribution is -0.137. The van der Waals surface area contributed by atoms with Gasteiger partial charge in [0.25, 0.3) is 0 Å². The zero-order valence-electron chi connectivity index (χ0n) is 10.6. The van der Waals surface area contributed by atoms with Crippen molar-refractivity contribution in [2.75, 3.05) is 0 Å². The number of Topliss-reactive ketones (excluding diaryl/α,β-unsaturated/α-hetero) is 1. The minimum Gasteiger partial charge on any atom is -0.452 e. The van der Waals surface area contributed by atoms with Gasteiger partial charge in [-0.2, -0.15) is 13.2 Å². The second-order valence-electron chi connectivity index (χ2n) is 4.56. The van der Waals surface area contributed by atoms with E-state index in [-0.39, 0.29) is 11.5 Å². The molecule has 1 aliphatic heterocycles. The molecule has 0 atom stereocenters. The molecule has 0 bridgehead atoms. The van der Waals surface area contributed by atoms with E-state index in [9.17, 15) is 18.0 Å². The van der Waals surface area contributed by atoms with Crippen molar-refractivity contribution < 1.29 is 22.7 Å². The summed E-state index contributed by atoms with van der Waals surface area (Å²) in [5.41, 5.74) is 0.196. The molecule has 1 aliphatic rings. The quantitative estimate of drug-likeness (QED) is 0.731. The van der Waals surface area contributed by atoms with Crippen molar-refractivity contribution in [1.29, 1.82) is 0 Å². The number of ether oxygens (including phenoxy) is 1. The zero-order valence-corrected chi connectivity index (χ0v) is 10.6. The fraction of sp³-hybridized carbons (Fsp3) is 0.0625. The van der Waals surface area contributed by atoms with E-state index in [1.54, 1.807) is 24.3 Å². The molecule has 3 rings (SSSR count). The van der Waals surface area contributed by atoms with E-state index in [1.807, 2.05) is 0 Å². The van der Waals surface area contributed by atoms with Gasteiger partial charge in [0, 0.05) is 0 Å². The molecule has 21 heavy (non-hydrogen) atoms. The summed E-state index contributed by atoms with van der Waals surface area (Å²) in [7, 11) is 0. The third-order valence-corrected chi connectivity index (χ3v) is 3.11. The average Bonchev–Trinajstić information content (AvgIpc) is 2.76. The summed E-state index contributed by atoms with van der Waals surface area (Å²) in [5.74, 6) is 0.294. The van der Waals surface area contributed by atoms with Gasteiger partial charge < -0.3 is 4.74 Å². The summed E-state index contributed by atoms with van der Waals surface area (Å²) in [6.07, 6.45) is -2.94. The van der Waals surface area contributed by atoms with Crippen molar-refractivity contribution in [3.63, 3.8) is 0 Å². The maximum Gasteiger partial charge on any atom is 0.416 e. The van der Waals surface area contributed by atoms with Crippen molar-refractivity contribution >= 4 is 11.9 Å². The van der Waals surface area contributed by atoms with E-state index in [2.05, 4.69) is 0 Å². The van der Waals surface area contributed by atoms with Crippen molar-refractivity contribution in [2.24, 2.45) is 0 Å². The highest BCUT2D eigenvalue weighted by molar-refractivity contribution is 6.14. The Hall–Kier alpha value is -2.56. The highest BCUT2D eigenvalue weighted by atomic mass is 19.4. The van der Waals surface area contributed by atoms with Crippen LogP contribution in [0.15, 0.2) is 54.3 Å². The van der Waals surface area contributed by atoms with Crippen LogP contribution in [0.25, 0.3) is 6.08 Å². The maximum absolute atomic E-state index is 12.5. The molecule has 2 aromatic rings. The van der Waals surface area contributed by atoms with Gasteiger partial charge in [0.05, 0.1) is 11.1 Å². The monoisotopic (exact) mass is 290 g/mol. The second-order valence-corrected chi connectivity index (χ2v) is 4.56. The number of ketones is 1. The van der Waals surface area contributed by atoms with Gasteiger partial charge in [-0.3, -0.25) is 4.79 Å². The molecule has 0 spiro atoms. The highest BCUT2D eigenvalue weighted by Crippen LogP contribution is 2.32. The molecule has 5 heteroatoms.